The Morgan fingerprint density at radius 1 is 1.11 bits per heavy atom. The zero-order chi connectivity index (χ0) is 18.9. The molecule has 0 heterocycles. The van der Waals surface area contributed by atoms with Gasteiger partial charge in [-0.25, -0.2) is 0 Å². The fraction of sp³-hybridized carbons (Fsp3) is 0.278. The average molecular weight is 512 g/mol. The Labute approximate surface area is 179 Å². The monoisotopic (exact) mass is 511 g/mol. The molecular formula is C18H21ClF2IN3O2. The van der Waals surface area contributed by atoms with Crippen molar-refractivity contribution in [2.45, 2.75) is 19.7 Å². The lowest BCUT2D eigenvalue weighted by atomic mass is 10.2. The Balaban J connectivity index is 0.00000364. The quantitative estimate of drug-likeness (QED) is 0.328. The molecule has 0 fully saturated rings. The molecule has 0 saturated heterocycles. The largest absolute Gasteiger partial charge is 0.493 e. The molecule has 0 unspecified atom stereocenters. The lowest BCUT2D eigenvalue weighted by Crippen LogP contribution is -2.36. The Bertz CT molecular complexity index is 763. The number of rotatable bonds is 7. The van der Waals surface area contributed by atoms with E-state index in [0.29, 0.717) is 24.1 Å². The summed E-state index contributed by atoms with van der Waals surface area (Å²) < 4.78 is 34.5. The molecule has 5 nitrogen and oxygen atoms in total. The van der Waals surface area contributed by atoms with E-state index in [1.165, 1.54) is 13.2 Å². The third kappa shape index (κ3) is 7.37. The highest BCUT2D eigenvalue weighted by molar-refractivity contribution is 14.0. The van der Waals surface area contributed by atoms with E-state index >= 15 is 0 Å². The van der Waals surface area contributed by atoms with E-state index in [1.54, 1.807) is 19.2 Å². The van der Waals surface area contributed by atoms with Crippen molar-refractivity contribution in [3.63, 3.8) is 0 Å². The zero-order valence-corrected chi connectivity index (χ0v) is 17.9. The van der Waals surface area contributed by atoms with Crippen LogP contribution in [0.5, 0.6) is 11.5 Å². The summed E-state index contributed by atoms with van der Waals surface area (Å²) in [5.41, 5.74) is 1.68. The molecule has 2 aromatic rings. The van der Waals surface area contributed by atoms with Crippen molar-refractivity contribution in [2.24, 2.45) is 4.99 Å². The molecule has 0 bridgehead atoms. The van der Waals surface area contributed by atoms with E-state index in [2.05, 4.69) is 20.4 Å². The van der Waals surface area contributed by atoms with Gasteiger partial charge in [-0.05, 0) is 29.3 Å². The van der Waals surface area contributed by atoms with Gasteiger partial charge in [0.05, 0.1) is 7.11 Å². The topological polar surface area (TPSA) is 54.9 Å². The fourth-order valence-electron chi connectivity index (χ4n) is 2.25. The van der Waals surface area contributed by atoms with Crippen molar-refractivity contribution in [3.8, 4) is 11.5 Å². The number of halogens is 4. The van der Waals surface area contributed by atoms with Crippen LogP contribution in [0.1, 0.15) is 11.1 Å². The number of hydrogen-bond acceptors (Lipinski definition) is 3. The van der Waals surface area contributed by atoms with Crippen molar-refractivity contribution in [1.29, 1.82) is 0 Å². The summed E-state index contributed by atoms with van der Waals surface area (Å²) in [4.78, 5) is 4.13. The second-order valence-electron chi connectivity index (χ2n) is 5.23. The maximum Gasteiger partial charge on any atom is 0.387 e. The van der Waals surface area contributed by atoms with Gasteiger partial charge < -0.3 is 20.1 Å². The first-order valence-corrected chi connectivity index (χ1v) is 8.21. The molecule has 27 heavy (non-hydrogen) atoms. The first kappa shape index (κ1) is 23.2. The minimum atomic E-state index is -2.92. The molecule has 0 atom stereocenters. The van der Waals surface area contributed by atoms with E-state index < -0.39 is 6.61 Å². The van der Waals surface area contributed by atoms with Crippen LogP contribution in [0.4, 0.5) is 8.78 Å². The molecule has 0 radical (unpaired) electrons. The maximum absolute atomic E-state index is 12.5. The third-order valence-electron chi connectivity index (χ3n) is 3.53. The van der Waals surface area contributed by atoms with Gasteiger partial charge in [0.25, 0.3) is 0 Å². The van der Waals surface area contributed by atoms with E-state index in [-0.39, 0.29) is 35.5 Å². The molecule has 0 aliphatic rings. The molecular weight excluding hydrogens is 491 g/mol. The first-order chi connectivity index (χ1) is 12.5. The van der Waals surface area contributed by atoms with Crippen LogP contribution in [0.2, 0.25) is 5.02 Å². The number of benzene rings is 2. The summed E-state index contributed by atoms with van der Waals surface area (Å²) in [6.45, 7) is -2.05. The Kier molecular flexibility index (Phi) is 10.2. The predicted octanol–water partition coefficient (Wildman–Crippen LogP) is 4.43. The van der Waals surface area contributed by atoms with Gasteiger partial charge in [-0.2, -0.15) is 8.78 Å². The highest BCUT2D eigenvalue weighted by Crippen LogP contribution is 2.29. The van der Waals surface area contributed by atoms with Crippen molar-refractivity contribution < 1.29 is 18.3 Å². The lowest BCUT2D eigenvalue weighted by Gasteiger charge is -2.14. The normalized spacial score (nSPS) is 11.0. The second kappa shape index (κ2) is 11.8. The highest BCUT2D eigenvalue weighted by Gasteiger charge is 2.11. The summed E-state index contributed by atoms with van der Waals surface area (Å²) in [6.07, 6.45) is 0. The summed E-state index contributed by atoms with van der Waals surface area (Å²) in [6, 6.07) is 12.3. The van der Waals surface area contributed by atoms with Crippen LogP contribution < -0.4 is 20.1 Å². The van der Waals surface area contributed by atoms with Gasteiger partial charge in [0.1, 0.15) is 0 Å². The molecule has 0 spiro atoms. The predicted molar refractivity (Wildman–Crippen MR) is 114 cm³/mol. The summed E-state index contributed by atoms with van der Waals surface area (Å²) in [5, 5.41) is 6.92. The highest BCUT2D eigenvalue weighted by atomic mass is 127. The molecule has 148 valence electrons. The zero-order valence-electron chi connectivity index (χ0n) is 14.8. The number of alkyl halides is 2. The van der Waals surface area contributed by atoms with Crippen LogP contribution in [-0.2, 0) is 13.1 Å². The first-order valence-electron chi connectivity index (χ1n) is 7.83. The van der Waals surface area contributed by atoms with Crippen LogP contribution in [0, 0.1) is 0 Å². The number of methoxy groups -OCH3 is 1. The van der Waals surface area contributed by atoms with Gasteiger partial charge in [-0.3, -0.25) is 4.99 Å². The summed E-state index contributed by atoms with van der Waals surface area (Å²) >= 11 is 6.12. The van der Waals surface area contributed by atoms with E-state index in [9.17, 15) is 8.78 Å². The molecule has 0 aliphatic carbocycles. The molecule has 0 aromatic heterocycles. The number of aliphatic imine (C=N–C) groups is 1. The number of guanidine groups is 1. The van der Waals surface area contributed by atoms with E-state index in [0.717, 1.165) is 11.1 Å². The van der Waals surface area contributed by atoms with Gasteiger partial charge in [-0.1, -0.05) is 35.9 Å². The molecule has 0 amide bonds. The van der Waals surface area contributed by atoms with E-state index in [1.807, 2.05) is 24.3 Å². The Morgan fingerprint density at radius 3 is 2.44 bits per heavy atom. The molecule has 2 aromatic carbocycles. The molecule has 9 heteroatoms. The second-order valence-corrected chi connectivity index (χ2v) is 5.64. The summed E-state index contributed by atoms with van der Waals surface area (Å²) in [7, 11) is 3.04. The standard InChI is InChI=1S/C18H20ClF2N3O2.HI/c1-22-18(24-11-13-5-3-4-6-14(13)19)23-10-12-7-8-15(25-2)16(9-12)26-17(20)21;/h3-9,17H,10-11H2,1-2H3,(H2,22,23,24);1H. The lowest BCUT2D eigenvalue weighted by molar-refractivity contribution is -0.0512. The molecule has 2 rings (SSSR count). The number of hydrogen-bond donors (Lipinski definition) is 2. The average Bonchev–Trinajstić information content (AvgIpc) is 2.63. The SMILES string of the molecule is CN=C(NCc1ccc(OC)c(OC(F)F)c1)NCc1ccccc1Cl.I. The number of nitrogens with zero attached hydrogens (tertiary/aromatic N) is 1. The maximum atomic E-state index is 12.5. The third-order valence-corrected chi connectivity index (χ3v) is 3.90. The van der Waals surface area contributed by atoms with Crippen molar-refractivity contribution in [3.05, 3.63) is 58.6 Å². The van der Waals surface area contributed by atoms with Crippen LogP contribution in [0.15, 0.2) is 47.5 Å². The van der Waals surface area contributed by atoms with Crippen molar-refractivity contribution >= 4 is 41.5 Å². The van der Waals surface area contributed by atoms with E-state index in [4.69, 9.17) is 16.3 Å². The van der Waals surface area contributed by atoms with Crippen LogP contribution in [-0.4, -0.2) is 26.7 Å². The minimum absolute atomic E-state index is 0. The summed E-state index contributed by atoms with van der Waals surface area (Å²) in [5.74, 6) is 0.785. The fourth-order valence-corrected chi connectivity index (χ4v) is 2.45. The number of ether oxygens (including phenoxy) is 2. The minimum Gasteiger partial charge on any atom is -0.493 e. The van der Waals surface area contributed by atoms with Gasteiger partial charge in [0.2, 0.25) is 0 Å². The molecule has 0 aliphatic heterocycles. The number of nitrogens with one attached hydrogen (secondary N) is 2. The van der Waals surface area contributed by atoms with Gasteiger partial charge in [-0.15, -0.1) is 24.0 Å². The molecule has 2 N–H and O–H groups in total. The van der Waals surface area contributed by atoms with Crippen LogP contribution >= 0.6 is 35.6 Å². The van der Waals surface area contributed by atoms with Gasteiger partial charge >= 0.3 is 6.61 Å². The van der Waals surface area contributed by atoms with Gasteiger partial charge in [0, 0.05) is 25.2 Å². The molecule has 0 saturated carbocycles. The smallest absolute Gasteiger partial charge is 0.387 e. The Hall–Kier alpha value is -1.81. The Morgan fingerprint density at radius 2 is 1.81 bits per heavy atom. The van der Waals surface area contributed by atoms with Crippen molar-refractivity contribution in [2.75, 3.05) is 14.2 Å². The van der Waals surface area contributed by atoms with Crippen LogP contribution in [0.3, 0.4) is 0 Å². The van der Waals surface area contributed by atoms with Crippen molar-refractivity contribution in [1.82, 2.24) is 10.6 Å². The van der Waals surface area contributed by atoms with Gasteiger partial charge in [0.15, 0.2) is 17.5 Å². The van der Waals surface area contributed by atoms with Crippen LogP contribution in [0.25, 0.3) is 0 Å².